The third-order valence-electron chi connectivity index (χ3n) is 2.90. The Kier molecular flexibility index (Phi) is 3.32. The van der Waals surface area contributed by atoms with E-state index >= 15 is 0 Å². The van der Waals surface area contributed by atoms with Crippen LogP contribution in [-0.4, -0.2) is 17.2 Å². The molecule has 1 aromatic rings. The van der Waals surface area contributed by atoms with Gasteiger partial charge in [0, 0.05) is 18.7 Å². The van der Waals surface area contributed by atoms with Crippen LogP contribution in [0, 0.1) is 0 Å². The fraction of sp³-hybridized carbons (Fsp3) is 0.500. The van der Waals surface area contributed by atoms with Crippen molar-refractivity contribution in [3.8, 4) is 0 Å². The maximum absolute atomic E-state index is 14.3. The molecular weight excluding hydrogens is 209 g/mol. The van der Waals surface area contributed by atoms with Crippen molar-refractivity contribution < 1.29 is 4.39 Å². The zero-order valence-corrected chi connectivity index (χ0v) is 9.52. The summed E-state index contributed by atoms with van der Waals surface area (Å²) in [4.78, 5) is 0. The average molecular weight is 225 g/mol. The van der Waals surface area contributed by atoms with Crippen LogP contribution in [0.1, 0.15) is 17.5 Å². The molecule has 0 spiro atoms. The molecule has 1 saturated heterocycles. The third kappa shape index (κ3) is 2.52. The second-order valence-electron chi connectivity index (χ2n) is 4.10. The van der Waals surface area contributed by atoms with Crippen molar-refractivity contribution in [2.45, 2.75) is 25.1 Å². The summed E-state index contributed by atoms with van der Waals surface area (Å²) >= 11 is 1.71. The Morgan fingerprint density at radius 1 is 1.33 bits per heavy atom. The highest BCUT2D eigenvalue weighted by molar-refractivity contribution is 7.99. The van der Waals surface area contributed by atoms with E-state index in [-0.39, 0.29) is 0 Å². The summed E-state index contributed by atoms with van der Waals surface area (Å²) in [6.45, 7) is 0.499. The van der Waals surface area contributed by atoms with Crippen molar-refractivity contribution in [2.75, 3.05) is 11.5 Å². The van der Waals surface area contributed by atoms with Crippen LogP contribution in [0.15, 0.2) is 24.3 Å². The number of hydrogen-bond acceptors (Lipinski definition) is 2. The van der Waals surface area contributed by atoms with E-state index in [0.29, 0.717) is 25.1 Å². The van der Waals surface area contributed by atoms with Gasteiger partial charge >= 0.3 is 0 Å². The lowest BCUT2D eigenvalue weighted by atomic mass is 9.93. The van der Waals surface area contributed by atoms with E-state index in [4.69, 9.17) is 5.73 Å². The Hall–Kier alpha value is -0.540. The second kappa shape index (κ2) is 4.54. The summed E-state index contributed by atoms with van der Waals surface area (Å²) in [7, 11) is 0. The van der Waals surface area contributed by atoms with Crippen molar-refractivity contribution in [1.82, 2.24) is 0 Å². The summed E-state index contributed by atoms with van der Waals surface area (Å²) in [6.07, 6.45) is 1.20. The number of halogens is 1. The van der Waals surface area contributed by atoms with Crippen LogP contribution in [0.5, 0.6) is 0 Å². The maximum Gasteiger partial charge on any atom is 0.124 e. The Morgan fingerprint density at radius 3 is 2.67 bits per heavy atom. The lowest BCUT2D eigenvalue weighted by Gasteiger charge is -2.19. The molecule has 1 fully saturated rings. The summed E-state index contributed by atoms with van der Waals surface area (Å²) in [5.41, 5.74) is 6.79. The van der Waals surface area contributed by atoms with Crippen molar-refractivity contribution in [2.24, 2.45) is 5.73 Å². The number of thioether (sulfide) groups is 1. The zero-order chi connectivity index (χ0) is 10.7. The first-order valence-corrected chi connectivity index (χ1v) is 6.42. The van der Waals surface area contributed by atoms with Gasteiger partial charge in [0.05, 0.1) is 0 Å². The molecule has 1 aromatic carbocycles. The monoisotopic (exact) mass is 225 g/mol. The maximum atomic E-state index is 14.3. The molecule has 15 heavy (non-hydrogen) atoms. The second-order valence-corrected chi connectivity index (χ2v) is 5.21. The highest BCUT2D eigenvalue weighted by Gasteiger charge is 2.34. The van der Waals surface area contributed by atoms with Crippen molar-refractivity contribution >= 4 is 11.8 Å². The Labute approximate surface area is 94.2 Å². The highest BCUT2D eigenvalue weighted by Crippen LogP contribution is 2.35. The summed E-state index contributed by atoms with van der Waals surface area (Å²) in [5, 5.41) is 0. The van der Waals surface area contributed by atoms with Gasteiger partial charge in [0.15, 0.2) is 0 Å². The van der Waals surface area contributed by atoms with Gasteiger partial charge in [0.25, 0.3) is 0 Å². The lowest BCUT2D eigenvalue weighted by Crippen LogP contribution is -2.26. The van der Waals surface area contributed by atoms with Crippen LogP contribution in [0.2, 0.25) is 0 Å². The van der Waals surface area contributed by atoms with Gasteiger partial charge in [-0.15, -0.1) is 0 Å². The molecule has 1 atom stereocenters. The fourth-order valence-electron chi connectivity index (χ4n) is 1.99. The SMILES string of the molecule is NCc1ccccc1CC1(F)CCSC1. The Morgan fingerprint density at radius 2 is 2.07 bits per heavy atom. The van der Waals surface area contributed by atoms with Crippen LogP contribution >= 0.6 is 11.8 Å². The van der Waals surface area contributed by atoms with Crippen LogP contribution in [0.4, 0.5) is 4.39 Å². The molecule has 0 saturated carbocycles. The zero-order valence-electron chi connectivity index (χ0n) is 8.71. The van der Waals surface area contributed by atoms with E-state index in [9.17, 15) is 4.39 Å². The van der Waals surface area contributed by atoms with Gasteiger partial charge in [-0.25, -0.2) is 4.39 Å². The van der Waals surface area contributed by atoms with Gasteiger partial charge in [-0.3, -0.25) is 0 Å². The topological polar surface area (TPSA) is 26.0 Å². The van der Waals surface area contributed by atoms with Crippen molar-refractivity contribution in [3.05, 3.63) is 35.4 Å². The van der Waals surface area contributed by atoms with E-state index in [1.807, 2.05) is 24.3 Å². The molecule has 0 aliphatic carbocycles. The molecular formula is C12H16FNS. The standard InChI is InChI=1S/C12H16FNS/c13-12(5-6-15-9-12)7-10-3-1-2-4-11(10)8-14/h1-4H,5-9,14H2. The molecule has 2 rings (SSSR count). The number of alkyl halides is 1. The molecule has 1 unspecified atom stereocenters. The van der Waals surface area contributed by atoms with E-state index in [0.717, 1.165) is 16.9 Å². The number of rotatable bonds is 3. The molecule has 1 aliphatic rings. The fourth-order valence-corrected chi connectivity index (χ4v) is 3.26. The van der Waals surface area contributed by atoms with Crippen molar-refractivity contribution in [3.63, 3.8) is 0 Å². The van der Waals surface area contributed by atoms with Gasteiger partial charge in [0.1, 0.15) is 5.67 Å². The lowest BCUT2D eigenvalue weighted by molar-refractivity contribution is 0.199. The Balaban J connectivity index is 2.16. The van der Waals surface area contributed by atoms with Crippen LogP contribution in [0.25, 0.3) is 0 Å². The number of nitrogens with two attached hydrogens (primary N) is 1. The minimum atomic E-state index is -1.00. The van der Waals surface area contributed by atoms with Gasteiger partial charge in [-0.05, 0) is 23.3 Å². The first-order chi connectivity index (χ1) is 7.23. The van der Waals surface area contributed by atoms with Crippen LogP contribution < -0.4 is 5.73 Å². The van der Waals surface area contributed by atoms with E-state index in [1.54, 1.807) is 11.8 Å². The number of hydrogen-bond donors (Lipinski definition) is 1. The molecule has 1 heterocycles. The molecule has 0 aromatic heterocycles. The van der Waals surface area contributed by atoms with Gasteiger partial charge < -0.3 is 5.73 Å². The van der Waals surface area contributed by atoms with Gasteiger partial charge in [-0.1, -0.05) is 24.3 Å². The van der Waals surface area contributed by atoms with Gasteiger partial charge in [0.2, 0.25) is 0 Å². The molecule has 0 bridgehead atoms. The molecule has 82 valence electrons. The smallest absolute Gasteiger partial charge is 0.124 e. The minimum absolute atomic E-state index is 0.499. The highest BCUT2D eigenvalue weighted by atomic mass is 32.2. The van der Waals surface area contributed by atoms with Gasteiger partial charge in [-0.2, -0.15) is 11.8 Å². The molecule has 2 N–H and O–H groups in total. The van der Waals surface area contributed by atoms with E-state index in [1.165, 1.54) is 0 Å². The van der Waals surface area contributed by atoms with E-state index < -0.39 is 5.67 Å². The Bertz CT molecular complexity index is 334. The molecule has 1 nitrogen and oxygen atoms in total. The largest absolute Gasteiger partial charge is 0.326 e. The average Bonchev–Trinajstić information content (AvgIpc) is 2.66. The van der Waals surface area contributed by atoms with E-state index in [2.05, 4.69) is 0 Å². The summed E-state index contributed by atoms with van der Waals surface area (Å²) < 4.78 is 14.3. The normalized spacial score (nSPS) is 25.7. The van der Waals surface area contributed by atoms with Crippen molar-refractivity contribution in [1.29, 1.82) is 0 Å². The molecule has 1 aliphatic heterocycles. The quantitative estimate of drug-likeness (QED) is 0.855. The number of benzene rings is 1. The first kappa shape index (κ1) is 11.0. The third-order valence-corrected chi connectivity index (χ3v) is 4.12. The van der Waals surface area contributed by atoms with Crippen LogP contribution in [-0.2, 0) is 13.0 Å². The molecule has 0 radical (unpaired) electrons. The molecule has 0 amide bonds. The summed E-state index contributed by atoms with van der Waals surface area (Å²) in [6, 6.07) is 7.90. The predicted molar refractivity (Wildman–Crippen MR) is 63.8 cm³/mol. The first-order valence-electron chi connectivity index (χ1n) is 5.27. The summed E-state index contributed by atoms with van der Waals surface area (Å²) in [5.74, 6) is 1.58. The minimum Gasteiger partial charge on any atom is -0.326 e. The van der Waals surface area contributed by atoms with Crippen LogP contribution in [0.3, 0.4) is 0 Å². The molecule has 3 heteroatoms. The predicted octanol–water partition coefficient (Wildman–Crippen LogP) is 2.53.